The fourth-order valence-electron chi connectivity index (χ4n) is 1.55. The molecule has 1 saturated heterocycles. The van der Waals surface area contributed by atoms with Crippen molar-refractivity contribution in [1.29, 1.82) is 0 Å². The molecular weight excluding hydrogens is 196 g/mol. The third-order valence-electron chi connectivity index (χ3n) is 2.31. The number of hydrogen-bond donors (Lipinski definition) is 2. The van der Waals surface area contributed by atoms with E-state index in [4.69, 9.17) is 4.74 Å². The molecule has 0 aliphatic carbocycles. The van der Waals surface area contributed by atoms with E-state index in [1.165, 1.54) is 0 Å². The fraction of sp³-hybridized carbons (Fsp3) is 0.800. The lowest BCUT2D eigenvalue weighted by molar-refractivity contribution is -0.143. The van der Waals surface area contributed by atoms with Crippen molar-refractivity contribution in [1.82, 2.24) is 10.6 Å². The van der Waals surface area contributed by atoms with Gasteiger partial charge in [0, 0.05) is 6.54 Å². The molecule has 0 saturated carbocycles. The van der Waals surface area contributed by atoms with Crippen LogP contribution in [0.4, 0.5) is 0 Å². The molecule has 5 heteroatoms. The number of esters is 1. The van der Waals surface area contributed by atoms with Crippen LogP contribution in [0.5, 0.6) is 0 Å². The SMILES string of the molecule is CCOC(=O)CCNC(=O)[C@@H]1CCCN1. The Labute approximate surface area is 89.6 Å². The van der Waals surface area contributed by atoms with Crippen LogP contribution in [-0.2, 0) is 14.3 Å². The molecule has 5 nitrogen and oxygen atoms in total. The normalized spacial score (nSPS) is 19.9. The number of carbonyl (C=O) groups is 2. The highest BCUT2D eigenvalue weighted by Crippen LogP contribution is 2.04. The van der Waals surface area contributed by atoms with Crippen molar-refractivity contribution < 1.29 is 14.3 Å². The second kappa shape index (κ2) is 6.40. The number of carbonyl (C=O) groups excluding carboxylic acids is 2. The van der Waals surface area contributed by atoms with Crippen LogP contribution in [0, 0.1) is 0 Å². The summed E-state index contributed by atoms with van der Waals surface area (Å²) in [6, 6.07) is -0.0767. The van der Waals surface area contributed by atoms with Crippen molar-refractivity contribution in [2.45, 2.75) is 32.2 Å². The number of ether oxygens (including phenoxy) is 1. The molecule has 1 aliphatic heterocycles. The van der Waals surface area contributed by atoms with Crippen LogP contribution in [0.2, 0.25) is 0 Å². The van der Waals surface area contributed by atoms with E-state index in [-0.39, 0.29) is 24.3 Å². The standard InChI is InChI=1S/C10H18N2O3/c1-2-15-9(13)5-7-12-10(14)8-4-3-6-11-8/h8,11H,2-7H2,1H3,(H,12,14)/t8-/m0/s1. The first kappa shape index (κ1) is 12.0. The van der Waals surface area contributed by atoms with Gasteiger partial charge in [-0.25, -0.2) is 0 Å². The maximum Gasteiger partial charge on any atom is 0.307 e. The van der Waals surface area contributed by atoms with Crippen molar-refractivity contribution in [3.05, 3.63) is 0 Å². The minimum atomic E-state index is -0.266. The van der Waals surface area contributed by atoms with Gasteiger partial charge in [0.1, 0.15) is 0 Å². The van der Waals surface area contributed by atoms with Crippen molar-refractivity contribution in [3.63, 3.8) is 0 Å². The quantitative estimate of drug-likeness (QED) is 0.622. The first-order valence-corrected chi connectivity index (χ1v) is 5.40. The van der Waals surface area contributed by atoms with Gasteiger partial charge in [-0.15, -0.1) is 0 Å². The zero-order chi connectivity index (χ0) is 11.1. The molecule has 0 aromatic heterocycles. The summed E-state index contributed by atoms with van der Waals surface area (Å²) in [6.45, 7) is 3.40. The molecule has 1 heterocycles. The van der Waals surface area contributed by atoms with Crippen molar-refractivity contribution in [2.24, 2.45) is 0 Å². The molecule has 86 valence electrons. The molecule has 0 spiro atoms. The second-order valence-corrected chi connectivity index (χ2v) is 3.49. The first-order valence-electron chi connectivity index (χ1n) is 5.40. The largest absolute Gasteiger partial charge is 0.466 e. The van der Waals surface area contributed by atoms with Crippen LogP contribution in [0.25, 0.3) is 0 Å². The number of rotatable bonds is 5. The number of amides is 1. The highest BCUT2D eigenvalue weighted by Gasteiger charge is 2.21. The third kappa shape index (κ3) is 4.29. The van der Waals surface area contributed by atoms with Crippen molar-refractivity contribution in [2.75, 3.05) is 19.7 Å². The van der Waals surface area contributed by atoms with Crippen LogP contribution in [0.3, 0.4) is 0 Å². The summed E-state index contributed by atoms with van der Waals surface area (Å²) in [7, 11) is 0. The van der Waals surface area contributed by atoms with Gasteiger partial charge in [0.25, 0.3) is 0 Å². The van der Waals surface area contributed by atoms with Gasteiger partial charge in [-0.2, -0.15) is 0 Å². The Morgan fingerprint density at radius 2 is 2.33 bits per heavy atom. The van der Waals surface area contributed by atoms with E-state index in [0.29, 0.717) is 13.2 Å². The molecule has 1 atom stereocenters. The maximum absolute atomic E-state index is 11.5. The molecule has 0 radical (unpaired) electrons. The predicted molar refractivity (Wildman–Crippen MR) is 55.3 cm³/mol. The van der Waals surface area contributed by atoms with E-state index in [9.17, 15) is 9.59 Å². The van der Waals surface area contributed by atoms with Gasteiger partial charge in [-0.1, -0.05) is 0 Å². The lowest BCUT2D eigenvalue weighted by Crippen LogP contribution is -2.41. The highest BCUT2D eigenvalue weighted by atomic mass is 16.5. The minimum absolute atomic E-state index is 0.0169. The van der Waals surface area contributed by atoms with Gasteiger partial charge in [-0.3, -0.25) is 9.59 Å². The van der Waals surface area contributed by atoms with Crippen LogP contribution < -0.4 is 10.6 Å². The van der Waals surface area contributed by atoms with Crippen LogP contribution in [-0.4, -0.2) is 37.6 Å². The van der Waals surface area contributed by atoms with Crippen molar-refractivity contribution in [3.8, 4) is 0 Å². The molecule has 0 aromatic carbocycles. The summed E-state index contributed by atoms with van der Waals surface area (Å²) in [5, 5.41) is 5.80. The van der Waals surface area contributed by atoms with Gasteiger partial charge in [0.2, 0.25) is 5.91 Å². The fourth-order valence-corrected chi connectivity index (χ4v) is 1.55. The van der Waals surface area contributed by atoms with Gasteiger partial charge < -0.3 is 15.4 Å². The zero-order valence-electron chi connectivity index (χ0n) is 9.04. The molecule has 1 amide bonds. The highest BCUT2D eigenvalue weighted by molar-refractivity contribution is 5.82. The van der Waals surface area contributed by atoms with Crippen LogP contribution in [0.15, 0.2) is 0 Å². The Hall–Kier alpha value is -1.10. The summed E-state index contributed by atoms with van der Waals surface area (Å²) in [5.74, 6) is -0.283. The molecule has 1 aliphatic rings. The molecule has 0 bridgehead atoms. The lowest BCUT2D eigenvalue weighted by atomic mass is 10.2. The summed E-state index contributed by atoms with van der Waals surface area (Å²) < 4.78 is 4.74. The molecular formula is C10H18N2O3. The van der Waals surface area contributed by atoms with Gasteiger partial charge in [0.15, 0.2) is 0 Å². The Balaban J connectivity index is 2.08. The van der Waals surface area contributed by atoms with Crippen LogP contribution in [0.1, 0.15) is 26.2 Å². The smallest absolute Gasteiger partial charge is 0.307 e. The monoisotopic (exact) mass is 214 g/mol. The Kier molecular flexibility index (Phi) is 5.10. The Morgan fingerprint density at radius 1 is 1.53 bits per heavy atom. The van der Waals surface area contributed by atoms with E-state index in [2.05, 4.69) is 10.6 Å². The molecule has 15 heavy (non-hydrogen) atoms. The topological polar surface area (TPSA) is 67.4 Å². The molecule has 0 aromatic rings. The van der Waals surface area contributed by atoms with E-state index in [1.807, 2.05) is 0 Å². The Bertz CT molecular complexity index is 225. The molecule has 1 rings (SSSR count). The summed E-state index contributed by atoms with van der Waals surface area (Å²) in [5.41, 5.74) is 0. The molecule has 0 unspecified atom stereocenters. The first-order chi connectivity index (χ1) is 7.24. The average molecular weight is 214 g/mol. The lowest BCUT2D eigenvalue weighted by Gasteiger charge is -2.10. The number of nitrogens with one attached hydrogen (secondary N) is 2. The summed E-state index contributed by atoms with van der Waals surface area (Å²) >= 11 is 0. The maximum atomic E-state index is 11.5. The zero-order valence-corrected chi connectivity index (χ0v) is 9.04. The van der Waals surface area contributed by atoms with E-state index in [0.717, 1.165) is 19.4 Å². The summed E-state index contributed by atoms with van der Waals surface area (Å²) in [4.78, 5) is 22.4. The van der Waals surface area contributed by atoms with Gasteiger partial charge >= 0.3 is 5.97 Å². The Morgan fingerprint density at radius 3 is 2.93 bits per heavy atom. The predicted octanol–water partition coefficient (Wildman–Crippen LogP) is -0.192. The van der Waals surface area contributed by atoms with Gasteiger partial charge in [0.05, 0.1) is 19.1 Å². The van der Waals surface area contributed by atoms with E-state index < -0.39 is 0 Å². The number of hydrogen-bond acceptors (Lipinski definition) is 4. The van der Waals surface area contributed by atoms with E-state index >= 15 is 0 Å². The summed E-state index contributed by atoms with van der Waals surface area (Å²) in [6.07, 6.45) is 2.16. The minimum Gasteiger partial charge on any atom is -0.466 e. The van der Waals surface area contributed by atoms with E-state index in [1.54, 1.807) is 6.92 Å². The third-order valence-corrected chi connectivity index (χ3v) is 2.31. The molecule has 1 fully saturated rings. The second-order valence-electron chi connectivity index (χ2n) is 3.49. The average Bonchev–Trinajstić information content (AvgIpc) is 2.70. The van der Waals surface area contributed by atoms with Gasteiger partial charge in [-0.05, 0) is 26.3 Å². The van der Waals surface area contributed by atoms with Crippen molar-refractivity contribution >= 4 is 11.9 Å². The van der Waals surface area contributed by atoms with Crippen LogP contribution >= 0.6 is 0 Å². The molecule has 2 N–H and O–H groups in total.